The Balaban J connectivity index is 1.61. The molecule has 0 aliphatic rings. The van der Waals surface area contributed by atoms with Gasteiger partial charge in [-0.1, -0.05) is 31.2 Å². The lowest BCUT2D eigenvalue weighted by atomic mass is 10.1. The summed E-state index contributed by atoms with van der Waals surface area (Å²) in [5.74, 6) is -0.570. The van der Waals surface area contributed by atoms with E-state index in [1.807, 2.05) is 28.8 Å². The van der Waals surface area contributed by atoms with Crippen molar-refractivity contribution in [2.45, 2.75) is 13.5 Å². The Labute approximate surface area is 149 Å². The lowest BCUT2D eigenvalue weighted by Gasteiger charge is -2.11. The quantitative estimate of drug-likeness (QED) is 0.419. The van der Waals surface area contributed by atoms with E-state index in [0.29, 0.717) is 12.1 Å². The highest BCUT2D eigenvalue weighted by Crippen LogP contribution is 2.14. The standard InChI is InChI=1S/C18H17N5O3/c1-13(11-22-12-19-16-7-2-3-8-17(16)22)18(24)21-20-10-14-5-4-6-15(9-14)23(25)26/h2-10,12-13H,11H2,1H3,(H,21,24)/b20-10+. The maximum atomic E-state index is 12.2. The summed E-state index contributed by atoms with van der Waals surface area (Å²) in [6.07, 6.45) is 3.09. The molecule has 2 aromatic carbocycles. The van der Waals surface area contributed by atoms with Crippen LogP contribution in [0.2, 0.25) is 0 Å². The number of nitrogens with one attached hydrogen (secondary N) is 1. The smallest absolute Gasteiger partial charge is 0.270 e. The van der Waals surface area contributed by atoms with Gasteiger partial charge >= 0.3 is 0 Å². The van der Waals surface area contributed by atoms with E-state index in [-0.39, 0.29) is 17.5 Å². The number of nitro benzene ring substituents is 1. The van der Waals surface area contributed by atoms with Crippen LogP contribution >= 0.6 is 0 Å². The highest BCUT2D eigenvalue weighted by molar-refractivity contribution is 5.84. The Bertz CT molecular complexity index is 980. The molecule has 0 saturated carbocycles. The predicted molar refractivity (Wildman–Crippen MR) is 97.7 cm³/mol. The molecule has 0 bridgehead atoms. The highest BCUT2D eigenvalue weighted by atomic mass is 16.6. The number of carbonyl (C=O) groups excluding carboxylic acids is 1. The molecule has 132 valence electrons. The molecular weight excluding hydrogens is 334 g/mol. The summed E-state index contributed by atoms with van der Waals surface area (Å²) in [6.45, 7) is 2.27. The minimum absolute atomic E-state index is 0.0272. The minimum atomic E-state index is -0.479. The number of nitro groups is 1. The lowest BCUT2D eigenvalue weighted by Crippen LogP contribution is -2.27. The number of para-hydroxylation sites is 2. The summed E-state index contributed by atoms with van der Waals surface area (Å²) in [5.41, 5.74) is 4.82. The summed E-state index contributed by atoms with van der Waals surface area (Å²) in [5, 5.41) is 14.6. The number of hydrazone groups is 1. The van der Waals surface area contributed by atoms with E-state index in [0.717, 1.165) is 11.0 Å². The van der Waals surface area contributed by atoms with E-state index >= 15 is 0 Å². The third-order valence-corrected chi connectivity index (χ3v) is 3.91. The van der Waals surface area contributed by atoms with Gasteiger partial charge in [0.2, 0.25) is 5.91 Å². The van der Waals surface area contributed by atoms with Crippen molar-refractivity contribution < 1.29 is 9.72 Å². The number of amides is 1. The van der Waals surface area contributed by atoms with Crippen molar-refractivity contribution in [3.63, 3.8) is 0 Å². The van der Waals surface area contributed by atoms with Gasteiger partial charge in [0.1, 0.15) is 0 Å². The maximum absolute atomic E-state index is 12.2. The number of aromatic nitrogens is 2. The normalized spacial score (nSPS) is 12.3. The zero-order valence-electron chi connectivity index (χ0n) is 14.1. The molecular formula is C18H17N5O3. The second-order valence-corrected chi connectivity index (χ2v) is 5.87. The SMILES string of the molecule is CC(Cn1cnc2ccccc21)C(=O)N/N=C/c1cccc([N+](=O)[O-])c1. The van der Waals surface area contributed by atoms with Gasteiger partial charge in [-0.2, -0.15) is 5.10 Å². The number of nitrogens with zero attached hydrogens (tertiary/aromatic N) is 4. The van der Waals surface area contributed by atoms with Crippen LogP contribution in [-0.4, -0.2) is 26.6 Å². The zero-order valence-corrected chi connectivity index (χ0v) is 14.1. The summed E-state index contributed by atoms with van der Waals surface area (Å²) in [6, 6.07) is 13.7. The first-order valence-corrected chi connectivity index (χ1v) is 8.02. The fraction of sp³-hybridized carbons (Fsp3) is 0.167. The number of hydrogen-bond donors (Lipinski definition) is 1. The molecule has 8 nitrogen and oxygen atoms in total. The number of carbonyl (C=O) groups is 1. The summed E-state index contributed by atoms with van der Waals surface area (Å²) in [7, 11) is 0. The van der Waals surface area contributed by atoms with Gasteiger partial charge in [-0.15, -0.1) is 0 Å². The number of fused-ring (bicyclic) bond motifs is 1. The molecule has 0 saturated heterocycles. The highest BCUT2D eigenvalue weighted by Gasteiger charge is 2.14. The molecule has 1 amide bonds. The molecule has 1 N–H and O–H groups in total. The predicted octanol–water partition coefficient (Wildman–Crippen LogP) is 2.73. The van der Waals surface area contributed by atoms with Crippen molar-refractivity contribution in [2.75, 3.05) is 0 Å². The molecule has 0 fully saturated rings. The minimum Gasteiger partial charge on any atom is -0.330 e. The molecule has 26 heavy (non-hydrogen) atoms. The Morgan fingerprint density at radius 1 is 1.35 bits per heavy atom. The Hall–Kier alpha value is -3.55. The molecule has 1 heterocycles. The van der Waals surface area contributed by atoms with Crippen LogP contribution < -0.4 is 5.43 Å². The molecule has 0 aliphatic heterocycles. The molecule has 1 aromatic heterocycles. The van der Waals surface area contributed by atoms with Crippen LogP contribution in [0.1, 0.15) is 12.5 Å². The average Bonchev–Trinajstić information content (AvgIpc) is 3.05. The molecule has 0 spiro atoms. The number of benzene rings is 2. The summed E-state index contributed by atoms with van der Waals surface area (Å²) in [4.78, 5) is 26.8. The third-order valence-electron chi connectivity index (χ3n) is 3.91. The van der Waals surface area contributed by atoms with Crippen molar-refractivity contribution in [1.29, 1.82) is 0 Å². The van der Waals surface area contributed by atoms with Crippen LogP contribution in [0.3, 0.4) is 0 Å². The number of hydrogen-bond acceptors (Lipinski definition) is 5. The van der Waals surface area contributed by atoms with Gasteiger partial charge in [0.25, 0.3) is 5.69 Å². The third kappa shape index (κ3) is 3.92. The second kappa shape index (κ2) is 7.56. The van der Waals surface area contributed by atoms with Crippen LogP contribution in [0.25, 0.3) is 11.0 Å². The molecule has 1 unspecified atom stereocenters. The van der Waals surface area contributed by atoms with Gasteiger partial charge in [-0.05, 0) is 12.1 Å². The zero-order chi connectivity index (χ0) is 18.5. The Morgan fingerprint density at radius 3 is 2.96 bits per heavy atom. The van der Waals surface area contributed by atoms with Crippen LogP contribution in [0.4, 0.5) is 5.69 Å². The average molecular weight is 351 g/mol. The molecule has 0 radical (unpaired) electrons. The van der Waals surface area contributed by atoms with E-state index in [9.17, 15) is 14.9 Å². The van der Waals surface area contributed by atoms with Gasteiger partial charge in [0, 0.05) is 24.2 Å². The van der Waals surface area contributed by atoms with E-state index in [1.165, 1.54) is 18.3 Å². The summed E-state index contributed by atoms with van der Waals surface area (Å²) >= 11 is 0. The van der Waals surface area contributed by atoms with E-state index in [4.69, 9.17) is 0 Å². The first-order chi connectivity index (χ1) is 12.5. The second-order valence-electron chi connectivity index (χ2n) is 5.87. The van der Waals surface area contributed by atoms with Gasteiger partial charge in [0.05, 0.1) is 34.4 Å². The molecule has 0 aliphatic carbocycles. The summed E-state index contributed by atoms with van der Waals surface area (Å²) < 4.78 is 1.92. The van der Waals surface area contributed by atoms with Crippen LogP contribution in [-0.2, 0) is 11.3 Å². The van der Waals surface area contributed by atoms with Crippen molar-refractivity contribution in [1.82, 2.24) is 15.0 Å². The Kier molecular flexibility index (Phi) is 5.02. The Morgan fingerprint density at radius 2 is 2.15 bits per heavy atom. The first kappa shape index (κ1) is 17.3. The number of rotatable bonds is 6. The number of non-ortho nitro benzene ring substituents is 1. The topological polar surface area (TPSA) is 102 Å². The van der Waals surface area contributed by atoms with E-state index < -0.39 is 4.92 Å². The van der Waals surface area contributed by atoms with Crippen molar-refractivity contribution in [2.24, 2.45) is 11.0 Å². The van der Waals surface area contributed by atoms with Gasteiger partial charge in [0.15, 0.2) is 0 Å². The van der Waals surface area contributed by atoms with Crippen LogP contribution in [0.15, 0.2) is 60.0 Å². The van der Waals surface area contributed by atoms with Gasteiger partial charge in [-0.25, -0.2) is 10.4 Å². The van der Waals surface area contributed by atoms with Gasteiger partial charge < -0.3 is 4.57 Å². The van der Waals surface area contributed by atoms with Crippen molar-refractivity contribution >= 4 is 28.8 Å². The monoisotopic (exact) mass is 351 g/mol. The number of imidazole rings is 1. The fourth-order valence-electron chi connectivity index (χ4n) is 2.53. The molecule has 1 atom stereocenters. The van der Waals surface area contributed by atoms with Gasteiger partial charge in [-0.3, -0.25) is 14.9 Å². The largest absolute Gasteiger partial charge is 0.330 e. The fourth-order valence-corrected chi connectivity index (χ4v) is 2.53. The van der Waals surface area contributed by atoms with Crippen molar-refractivity contribution in [3.8, 4) is 0 Å². The lowest BCUT2D eigenvalue weighted by molar-refractivity contribution is -0.384. The molecule has 8 heteroatoms. The first-order valence-electron chi connectivity index (χ1n) is 8.02. The molecule has 3 aromatic rings. The van der Waals surface area contributed by atoms with E-state index in [2.05, 4.69) is 15.5 Å². The maximum Gasteiger partial charge on any atom is 0.270 e. The van der Waals surface area contributed by atoms with Crippen LogP contribution in [0, 0.1) is 16.0 Å². The van der Waals surface area contributed by atoms with Crippen LogP contribution in [0.5, 0.6) is 0 Å². The molecule has 3 rings (SSSR count). The van der Waals surface area contributed by atoms with E-state index in [1.54, 1.807) is 25.4 Å². The van der Waals surface area contributed by atoms with Crippen molar-refractivity contribution in [3.05, 3.63) is 70.5 Å².